The number of carbonyl (C=O) groups is 2. The van der Waals surface area contributed by atoms with Crippen LogP contribution in [-0.4, -0.2) is 83.3 Å². The molecule has 32 heavy (non-hydrogen) atoms. The van der Waals surface area contributed by atoms with E-state index in [-0.39, 0.29) is 31.1 Å². The summed E-state index contributed by atoms with van der Waals surface area (Å²) in [6, 6.07) is 14.0. The molecule has 2 aliphatic rings. The third-order valence-corrected chi connectivity index (χ3v) is 7.02. The highest BCUT2D eigenvalue weighted by Crippen LogP contribution is 2.38. The van der Waals surface area contributed by atoms with Crippen molar-refractivity contribution in [1.29, 1.82) is 0 Å². The number of benzene rings is 2. The van der Waals surface area contributed by atoms with Crippen LogP contribution in [0, 0.1) is 0 Å². The molecular formula is C25H33N3O4. The summed E-state index contributed by atoms with van der Waals surface area (Å²) in [5, 5.41) is 11.8. The van der Waals surface area contributed by atoms with Crippen molar-refractivity contribution in [2.45, 2.75) is 44.3 Å². The van der Waals surface area contributed by atoms with E-state index in [1.54, 1.807) is 12.0 Å². The fourth-order valence-corrected chi connectivity index (χ4v) is 5.05. The first-order chi connectivity index (χ1) is 15.5. The van der Waals surface area contributed by atoms with Gasteiger partial charge in [0.1, 0.15) is 5.54 Å². The normalized spacial score (nSPS) is 20.0. The van der Waals surface area contributed by atoms with Crippen LogP contribution in [-0.2, 0) is 16.1 Å². The summed E-state index contributed by atoms with van der Waals surface area (Å²) < 4.78 is 5.19. The maximum Gasteiger partial charge on any atom is 0.327 e. The predicted octanol–water partition coefficient (Wildman–Crippen LogP) is 2.86. The number of carbonyl (C=O) groups excluding carboxylic acids is 2. The molecule has 1 N–H and O–H groups in total. The minimum atomic E-state index is -0.798. The second kappa shape index (κ2) is 9.57. The van der Waals surface area contributed by atoms with Crippen LogP contribution < -0.4 is 0 Å². The van der Waals surface area contributed by atoms with E-state index < -0.39 is 5.54 Å². The number of nitrogens with zero attached hydrogens (tertiary/aromatic N) is 3. The summed E-state index contributed by atoms with van der Waals surface area (Å²) in [7, 11) is 1.65. The lowest BCUT2D eigenvalue weighted by Gasteiger charge is -2.43. The van der Waals surface area contributed by atoms with E-state index in [0.29, 0.717) is 45.5 Å². The maximum absolute atomic E-state index is 13.7. The standard InChI is InChI=1S/C25H33N3O4/c1-19(18-29)26-13-10-25(11-14-26)23(30)27(24(31)28(25)12-5-15-32-2)17-20-8-9-21-6-3-4-7-22(21)16-20/h3-4,6-9,16,19,29H,5,10-15,17-18H2,1-2H3/t19-/m1/s1. The number of amides is 3. The Morgan fingerprint density at radius 2 is 1.81 bits per heavy atom. The number of rotatable bonds is 8. The summed E-state index contributed by atoms with van der Waals surface area (Å²) in [6.07, 6.45) is 1.87. The van der Waals surface area contributed by atoms with Gasteiger partial charge >= 0.3 is 6.03 Å². The van der Waals surface area contributed by atoms with E-state index >= 15 is 0 Å². The molecule has 1 atom stereocenters. The van der Waals surface area contributed by atoms with Crippen LogP contribution in [0.1, 0.15) is 31.7 Å². The molecule has 4 rings (SSSR count). The molecule has 2 saturated heterocycles. The van der Waals surface area contributed by atoms with Gasteiger partial charge in [0.2, 0.25) is 0 Å². The van der Waals surface area contributed by atoms with E-state index in [1.165, 1.54) is 4.90 Å². The SMILES string of the molecule is COCCCN1C(=O)N(Cc2ccc3ccccc3c2)C(=O)C12CCN([C@H](C)CO)CC2. The number of aliphatic hydroxyl groups excluding tert-OH is 1. The van der Waals surface area contributed by atoms with Crippen molar-refractivity contribution >= 4 is 22.7 Å². The molecule has 7 nitrogen and oxygen atoms in total. The van der Waals surface area contributed by atoms with Crippen LogP contribution in [0.4, 0.5) is 4.79 Å². The molecular weight excluding hydrogens is 406 g/mol. The lowest BCUT2D eigenvalue weighted by Crippen LogP contribution is -2.58. The summed E-state index contributed by atoms with van der Waals surface area (Å²) in [6.45, 7) is 4.78. The minimum Gasteiger partial charge on any atom is -0.395 e. The summed E-state index contributed by atoms with van der Waals surface area (Å²) >= 11 is 0. The molecule has 2 aromatic carbocycles. The van der Waals surface area contributed by atoms with E-state index in [2.05, 4.69) is 17.0 Å². The molecule has 0 unspecified atom stereocenters. The number of likely N-dealkylation sites (tertiary alicyclic amines) is 1. The van der Waals surface area contributed by atoms with Gasteiger partial charge in [-0.05, 0) is 48.6 Å². The summed E-state index contributed by atoms with van der Waals surface area (Å²) in [4.78, 5) is 32.6. The zero-order valence-corrected chi connectivity index (χ0v) is 19.0. The number of urea groups is 1. The first-order valence-corrected chi connectivity index (χ1v) is 11.5. The average molecular weight is 440 g/mol. The molecule has 0 aromatic heterocycles. The third kappa shape index (κ3) is 4.12. The predicted molar refractivity (Wildman–Crippen MR) is 123 cm³/mol. The molecule has 1 spiro atoms. The first-order valence-electron chi connectivity index (χ1n) is 11.5. The smallest absolute Gasteiger partial charge is 0.327 e. The Labute approximate surface area is 189 Å². The van der Waals surface area contributed by atoms with Crippen molar-refractivity contribution in [2.24, 2.45) is 0 Å². The van der Waals surface area contributed by atoms with Crippen LogP contribution in [0.2, 0.25) is 0 Å². The minimum absolute atomic E-state index is 0.0511. The zero-order valence-electron chi connectivity index (χ0n) is 19.0. The lowest BCUT2D eigenvalue weighted by molar-refractivity contribution is -0.136. The van der Waals surface area contributed by atoms with Gasteiger partial charge in [0.15, 0.2) is 0 Å². The number of methoxy groups -OCH3 is 1. The number of fused-ring (bicyclic) bond motifs is 1. The molecule has 0 saturated carbocycles. The van der Waals surface area contributed by atoms with E-state index in [1.807, 2.05) is 37.3 Å². The molecule has 0 bridgehead atoms. The third-order valence-electron chi connectivity index (χ3n) is 7.02. The Balaban J connectivity index is 1.58. The van der Waals surface area contributed by atoms with Crippen molar-refractivity contribution in [3.63, 3.8) is 0 Å². The quantitative estimate of drug-likeness (QED) is 0.506. The Kier molecular flexibility index (Phi) is 6.79. The van der Waals surface area contributed by atoms with Gasteiger partial charge in [0, 0.05) is 39.4 Å². The Morgan fingerprint density at radius 1 is 1.09 bits per heavy atom. The van der Waals surface area contributed by atoms with Gasteiger partial charge in [-0.25, -0.2) is 4.79 Å². The highest BCUT2D eigenvalue weighted by Gasteiger charge is 2.57. The average Bonchev–Trinajstić information content (AvgIpc) is 3.00. The molecule has 2 aromatic rings. The van der Waals surface area contributed by atoms with E-state index in [0.717, 1.165) is 16.3 Å². The summed E-state index contributed by atoms with van der Waals surface area (Å²) in [5.41, 5.74) is 0.151. The Morgan fingerprint density at radius 3 is 2.50 bits per heavy atom. The number of piperidine rings is 1. The van der Waals surface area contributed by atoms with Crippen molar-refractivity contribution in [2.75, 3.05) is 40.0 Å². The van der Waals surface area contributed by atoms with Crippen LogP contribution in [0.25, 0.3) is 10.8 Å². The van der Waals surface area contributed by atoms with Crippen molar-refractivity contribution in [1.82, 2.24) is 14.7 Å². The summed E-state index contributed by atoms with van der Waals surface area (Å²) in [5.74, 6) is -0.0932. The van der Waals surface area contributed by atoms with E-state index in [4.69, 9.17) is 4.74 Å². The van der Waals surface area contributed by atoms with Crippen molar-refractivity contribution in [3.05, 3.63) is 48.0 Å². The number of ether oxygens (including phenoxy) is 1. The van der Waals surface area contributed by atoms with Gasteiger partial charge in [0.25, 0.3) is 5.91 Å². The van der Waals surface area contributed by atoms with Crippen LogP contribution in [0.5, 0.6) is 0 Å². The highest BCUT2D eigenvalue weighted by molar-refractivity contribution is 6.07. The molecule has 2 aliphatic heterocycles. The van der Waals surface area contributed by atoms with Gasteiger partial charge in [-0.2, -0.15) is 0 Å². The fourth-order valence-electron chi connectivity index (χ4n) is 5.05. The topological polar surface area (TPSA) is 73.3 Å². The van der Waals surface area contributed by atoms with Gasteiger partial charge in [-0.1, -0.05) is 36.4 Å². The molecule has 3 amide bonds. The van der Waals surface area contributed by atoms with Crippen LogP contribution in [0.15, 0.2) is 42.5 Å². The van der Waals surface area contributed by atoms with Gasteiger partial charge < -0.3 is 14.7 Å². The monoisotopic (exact) mass is 439 g/mol. The number of hydrogen-bond acceptors (Lipinski definition) is 5. The molecule has 7 heteroatoms. The van der Waals surface area contributed by atoms with Crippen molar-refractivity contribution < 1.29 is 19.4 Å². The van der Waals surface area contributed by atoms with Gasteiger partial charge in [-0.15, -0.1) is 0 Å². The first kappa shape index (κ1) is 22.7. The molecule has 0 aliphatic carbocycles. The number of aliphatic hydroxyl groups is 1. The molecule has 172 valence electrons. The largest absolute Gasteiger partial charge is 0.395 e. The maximum atomic E-state index is 13.7. The zero-order chi connectivity index (χ0) is 22.7. The lowest BCUT2D eigenvalue weighted by atomic mass is 9.85. The molecule has 0 radical (unpaired) electrons. The second-order valence-electron chi connectivity index (χ2n) is 8.95. The molecule has 2 fully saturated rings. The van der Waals surface area contributed by atoms with Gasteiger partial charge in [0.05, 0.1) is 13.2 Å². The number of hydrogen-bond donors (Lipinski definition) is 1. The Bertz CT molecular complexity index is 971. The van der Waals surface area contributed by atoms with E-state index in [9.17, 15) is 14.7 Å². The van der Waals surface area contributed by atoms with Crippen LogP contribution in [0.3, 0.4) is 0 Å². The van der Waals surface area contributed by atoms with Gasteiger partial charge in [-0.3, -0.25) is 14.6 Å². The highest BCUT2D eigenvalue weighted by atomic mass is 16.5. The Hall–Kier alpha value is -2.48. The fraction of sp³-hybridized carbons (Fsp3) is 0.520. The molecule has 2 heterocycles. The second-order valence-corrected chi connectivity index (χ2v) is 8.95. The van der Waals surface area contributed by atoms with Crippen molar-refractivity contribution in [3.8, 4) is 0 Å². The number of imide groups is 1. The van der Waals surface area contributed by atoms with Crippen LogP contribution >= 0.6 is 0 Å².